The van der Waals surface area contributed by atoms with Crippen molar-refractivity contribution in [1.29, 1.82) is 0 Å². The van der Waals surface area contributed by atoms with Gasteiger partial charge in [0.2, 0.25) is 0 Å². The maximum atomic E-state index is 12.3. The summed E-state index contributed by atoms with van der Waals surface area (Å²) in [5.74, 6) is -0.937. The highest BCUT2D eigenvalue weighted by atomic mass is 127. The number of carbonyl (C=O) groups excluding carboxylic acids is 2. The molecule has 0 unspecified atom stereocenters. The third kappa shape index (κ3) is 5.22. The highest BCUT2D eigenvalue weighted by Gasteiger charge is 2.34. The second kappa shape index (κ2) is 9.64. The van der Waals surface area contributed by atoms with Crippen LogP contribution in [0.4, 0.5) is 4.79 Å². The first-order valence-electron chi connectivity index (χ1n) is 8.59. The Morgan fingerprint density at radius 3 is 2.53 bits per heavy atom. The lowest BCUT2D eigenvalue weighted by Crippen LogP contribution is -2.35. The summed E-state index contributed by atoms with van der Waals surface area (Å²) in [6.07, 6.45) is 1.47. The number of methoxy groups -OCH3 is 1. The summed E-state index contributed by atoms with van der Waals surface area (Å²) in [5, 5.41) is 11.2. The number of halogens is 2. The lowest BCUT2D eigenvalue weighted by Gasteiger charge is -2.14. The Morgan fingerprint density at radius 1 is 1.20 bits per heavy atom. The number of urea groups is 1. The number of hydrogen-bond acceptors (Lipinski definition) is 5. The second-order valence-electron chi connectivity index (χ2n) is 6.22. The normalized spacial score (nSPS) is 14.8. The van der Waals surface area contributed by atoms with Gasteiger partial charge in [0.25, 0.3) is 5.91 Å². The van der Waals surface area contributed by atoms with E-state index in [0.29, 0.717) is 28.6 Å². The van der Waals surface area contributed by atoms with E-state index in [4.69, 9.17) is 14.6 Å². The highest BCUT2D eigenvalue weighted by Crippen LogP contribution is 2.35. The van der Waals surface area contributed by atoms with E-state index in [0.717, 1.165) is 12.7 Å². The largest absolute Gasteiger partial charge is 0.493 e. The molecule has 10 heteroatoms. The molecule has 1 aliphatic rings. The molecule has 2 aromatic carbocycles. The van der Waals surface area contributed by atoms with Gasteiger partial charge in [-0.3, -0.25) is 9.59 Å². The molecule has 3 amide bonds. The third-order valence-electron chi connectivity index (χ3n) is 4.11. The predicted molar refractivity (Wildman–Crippen MR) is 125 cm³/mol. The zero-order valence-electron chi connectivity index (χ0n) is 15.6. The number of nitrogens with zero attached hydrogens (tertiary/aromatic N) is 1. The number of ether oxygens (including phenoxy) is 2. The molecule has 3 rings (SSSR count). The summed E-state index contributed by atoms with van der Waals surface area (Å²) >= 11 is 4.34. The fourth-order valence-corrected chi connectivity index (χ4v) is 3.86. The average molecular weight is 634 g/mol. The minimum absolute atomic E-state index is 0.00772. The number of rotatable bonds is 7. The Hall–Kier alpha value is -2.35. The van der Waals surface area contributed by atoms with E-state index >= 15 is 0 Å². The number of carboxylic acids is 1. The predicted octanol–water partition coefficient (Wildman–Crippen LogP) is 3.46. The number of amides is 3. The molecule has 1 aliphatic heterocycles. The summed E-state index contributed by atoms with van der Waals surface area (Å²) in [7, 11) is 1.51. The molecule has 1 heterocycles. The molecule has 0 bridgehead atoms. The van der Waals surface area contributed by atoms with E-state index in [9.17, 15) is 14.4 Å². The van der Waals surface area contributed by atoms with Crippen LogP contribution in [0, 0.1) is 7.14 Å². The van der Waals surface area contributed by atoms with Crippen LogP contribution in [-0.4, -0.2) is 41.6 Å². The zero-order chi connectivity index (χ0) is 21.8. The molecule has 2 N–H and O–H groups in total. The van der Waals surface area contributed by atoms with E-state index in [1.807, 2.05) is 24.3 Å². The van der Waals surface area contributed by atoms with E-state index in [2.05, 4.69) is 50.5 Å². The topological polar surface area (TPSA) is 105 Å². The molecule has 0 atom stereocenters. The number of benzene rings is 2. The van der Waals surface area contributed by atoms with Crippen LogP contribution in [-0.2, 0) is 16.2 Å². The smallest absolute Gasteiger partial charge is 0.329 e. The van der Waals surface area contributed by atoms with Crippen LogP contribution in [0.3, 0.4) is 0 Å². The number of carbonyl (C=O) groups is 3. The molecule has 2 aromatic rings. The van der Waals surface area contributed by atoms with E-state index in [1.54, 1.807) is 12.1 Å². The fraction of sp³-hybridized carbons (Fsp3) is 0.150. The molecule has 0 saturated carbocycles. The Kier molecular flexibility index (Phi) is 7.18. The fourth-order valence-electron chi connectivity index (χ4n) is 2.72. The van der Waals surface area contributed by atoms with Gasteiger partial charge in [-0.05, 0) is 86.7 Å². The quantitative estimate of drug-likeness (QED) is 0.275. The summed E-state index contributed by atoms with van der Waals surface area (Å²) in [4.78, 5) is 35.6. The molecule has 8 nitrogen and oxygen atoms in total. The van der Waals surface area contributed by atoms with Crippen LogP contribution >= 0.6 is 45.2 Å². The van der Waals surface area contributed by atoms with Crippen molar-refractivity contribution in [3.63, 3.8) is 0 Å². The van der Waals surface area contributed by atoms with Crippen molar-refractivity contribution in [2.75, 3.05) is 13.7 Å². The summed E-state index contributed by atoms with van der Waals surface area (Å²) in [5.41, 5.74) is 1.60. The average Bonchev–Trinajstić information content (AvgIpc) is 2.95. The van der Waals surface area contributed by atoms with Gasteiger partial charge in [0.15, 0.2) is 11.5 Å². The van der Waals surface area contributed by atoms with Crippen molar-refractivity contribution in [3.05, 3.63) is 60.4 Å². The highest BCUT2D eigenvalue weighted by molar-refractivity contribution is 14.1. The van der Waals surface area contributed by atoms with Gasteiger partial charge < -0.3 is 19.9 Å². The molecule has 0 aliphatic carbocycles. The van der Waals surface area contributed by atoms with Gasteiger partial charge in [-0.2, -0.15) is 0 Å². The van der Waals surface area contributed by atoms with Gasteiger partial charge >= 0.3 is 12.0 Å². The standard InChI is InChI=1S/C20H16I2N2O6/c1-29-16-8-12(7-15-19(27)24(9-17(25)26)20(28)23-15)6-14(22)18(16)30-10-11-2-4-13(21)5-3-11/h2-8H,9-10H2,1H3,(H,23,28)(H,25,26)/b15-7+. The molecule has 0 spiro atoms. The molecule has 0 radical (unpaired) electrons. The SMILES string of the molecule is COc1cc(/C=C2/NC(=O)N(CC(=O)O)C2=O)cc(I)c1OCc1ccc(I)cc1. The van der Waals surface area contributed by atoms with Gasteiger partial charge in [-0.15, -0.1) is 0 Å². The first-order valence-corrected chi connectivity index (χ1v) is 10.8. The van der Waals surface area contributed by atoms with Crippen LogP contribution in [0.2, 0.25) is 0 Å². The van der Waals surface area contributed by atoms with Crippen LogP contribution < -0.4 is 14.8 Å². The van der Waals surface area contributed by atoms with Crippen LogP contribution in [0.25, 0.3) is 6.08 Å². The van der Waals surface area contributed by atoms with Crippen LogP contribution in [0.15, 0.2) is 42.1 Å². The second-order valence-corrected chi connectivity index (χ2v) is 8.63. The van der Waals surface area contributed by atoms with Crippen molar-refractivity contribution >= 4 is 69.2 Å². The van der Waals surface area contributed by atoms with Gasteiger partial charge in [-0.1, -0.05) is 12.1 Å². The number of imide groups is 1. The number of aliphatic carboxylic acids is 1. The van der Waals surface area contributed by atoms with Crippen LogP contribution in [0.5, 0.6) is 11.5 Å². The van der Waals surface area contributed by atoms with Crippen molar-refractivity contribution in [2.45, 2.75) is 6.61 Å². The van der Waals surface area contributed by atoms with Crippen molar-refractivity contribution in [1.82, 2.24) is 10.2 Å². The Bertz CT molecular complexity index is 1040. The molecule has 0 aromatic heterocycles. The van der Waals surface area contributed by atoms with Gasteiger partial charge in [0.05, 0.1) is 10.7 Å². The summed E-state index contributed by atoms with van der Waals surface area (Å²) < 4.78 is 13.3. The van der Waals surface area contributed by atoms with E-state index in [1.165, 1.54) is 13.2 Å². The Morgan fingerprint density at radius 2 is 1.90 bits per heavy atom. The van der Waals surface area contributed by atoms with Crippen LogP contribution in [0.1, 0.15) is 11.1 Å². The zero-order valence-corrected chi connectivity index (χ0v) is 20.0. The van der Waals surface area contributed by atoms with Gasteiger partial charge in [0.1, 0.15) is 18.8 Å². The summed E-state index contributed by atoms with van der Waals surface area (Å²) in [6, 6.07) is 10.6. The number of carboxylic acid groups (broad SMARTS) is 1. The van der Waals surface area contributed by atoms with Crippen molar-refractivity contribution in [2.24, 2.45) is 0 Å². The lowest BCUT2D eigenvalue weighted by atomic mass is 10.1. The maximum Gasteiger partial charge on any atom is 0.329 e. The first-order chi connectivity index (χ1) is 14.3. The lowest BCUT2D eigenvalue weighted by molar-refractivity contribution is -0.140. The molecule has 1 saturated heterocycles. The first kappa shape index (κ1) is 22.3. The van der Waals surface area contributed by atoms with Gasteiger partial charge in [0, 0.05) is 3.57 Å². The minimum atomic E-state index is -1.27. The third-order valence-corrected chi connectivity index (χ3v) is 5.64. The minimum Gasteiger partial charge on any atom is -0.493 e. The number of hydrogen-bond donors (Lipinski definition) is 2. The molecule has 156 valence electrons. The monoisotopic (exact) mass is 634 g/mol. The van der Waals surface area contributed by atoms with Gasteiger partial charge in [-0.25, -0.2) is 9.69 Å². The van der Waals surface area contributed by atoms with Crippen molar-refractivity contribution < 1.29 is 29.0 Å². The number of nitrogens with one attached hydrogen (secondary N) is 1. The van der Waals surface area contributed by atoms with Crippen molar-refractivity contribution in [3.8, 4) is 11.5 Å². The molecule has 1 fully saturated rings. The summed E-state index contributed by atoms with van der Waals surface area (Å²) in [6.45, 7) is -0.337. The molecular formula is C20H16I2N2O6. The Labute approximate surface area is 199 Å². The van der Waals surface area contributed by atoms with E-state index < -0.39 is 24.5 Å². The Balaban J connectivity index is 1.82. The van der Waals surface area contributed by atoms with E-state index in [-0.39, 0.29) is 5.70 Å². The maximum absolute atomic E-state index is 12.3. The molecule has 30 heavy (non-hydrogen) atoms. The molecular weight excluding hydrogens is 618 g/mol.